The maximum absolute atomic E-state index is 10.5. The normalized spacial score (nSPS) is 9.29. The van der Waals surface area contributed by atoms with Crippen molar-refractivity contribution < 1.29 is 14.3 Å². The molecule has 0 unspecified atom stereocenters. The average molecular weight is 199 g/mol. The molecule has 1 heterocycles. The molecule has 1 rings (SSSR count). The van der Waals surface area contributed by atoms with E-state index in [1.165, 1.54) is 14.2 Å². The molecule has 1 aromatic rings. The Balaban J connectivity index is 2.98. The standard InChI is InChI=1S/C6H9N5O3/c1-13-5-9-4(8-3(7)12)10-6(11-5)14-2/h1-2H3,(H3,7,8,9,10,11,12). The van der Waals surface area contributed by atoms with Crippen LogP contribution in [0.15, 0.2) is 0 Å². The number of hydrogen-bond donors (Lipinski definition) is 2. The first-order chi connectivity index (χ1) is 6.65. The second-order valence-corrected chi connectivity index (χ2v) is 2.12. The van der Waals surface area contributed by atoms with E-state index in [0.29, 0.717) is 0 Å². The Morgan fingerprint density at radius 2 is 1.71 bits per heavy atom. The summed E-state index contributed by atoms with van der Waals surface area (Å²) in [5, 5.41) is 2.17. The van der Waals surface area contributed by atoms with Crippen molar-refractivity contribution in [1.82, 2.24) is 15.0 Å². The zero-order valence-electron chi connectivity index (χ0n) is 7.64. The molecule has 0 aliphatic carbocycles. The van der Waals surface area contributed by atoms with Crippen molar-refractivity contribution in [2.24, 2.45) is 5.73 Å². The van der Waals surface area contributed by atoms with Gasteiger partial charge in [0.25, 0.3) is 0 Å². The fourth-order valence-electron chi connectivity index (χ4n) is 0.687. The van der Waals surface area contributed by atoms with E-state index in [2.05, 4.69) is 20.3 Å². The predicted octanol–water partition coefficient (Wildman–Crippen LogP) is -0.621. The monoisotopic (exact) mass is 199 g/mol. The molecule has 76 valence electrons. The molecule has 1 aromatic heterocycles. The molecule has 8 heteroatoms. The van der Waals surface area contributed by atoms with E-state index in [-0.39, 0.29) is 18.0 Å². The second-order valence-electron chi connectivity index (χ2n) is 2.12. The van der Waals surface area contributed by atoms with Gasteiger partial charge in [-0.15, -0.1) is 4.98 Å². The molecule has 0 aliphatic rings. The van der Waals surface area contributed by atoms with E-state index in [4.69, 9.17) is 15.2 Å². The predicted molar refractivity (Wildman–Crippen MR) is 46.1 cm³/mol. The summed E-state index contributed by atoms with van der Waals surface area (Å²) in [6, 6.07) is -0.721. The van der Waals surface area contributed by atoms with Crippen molar-refractivity contribution >= 4 is 12.0 Å². The topological polar surface area (TPSA) is 112 Å². The highest BCUT2D eigenvalue weighted by atomic mass is 16.5. The van der Waals surface area contributed by atoms with Gasteiger partial charge >= 0.3 is 18.1 Å². The van der Waals surface area contributed by atoms with Crippen LogP contribution in [-0.2, 0) is 0 Å². The summed E-state index contributed by atoms with van der Waals surface area (Å²) in [5.74, 6) is -0.0267. The number of methoxy groups -OCH3 is 2. The van der Waals surface area contributed by atoms with Crippen LogP contribution in [0, 0.1) is 0 Å². The number of rotatable bonds is 3. The van der Waals surface area contributed by atoms with Crippen LogP contribution in [0.2, 0.25) is 0 Å². The van der Waals surface area contributed by atoms with Gasteiger partial charge in [-0.25, -0.2) is 4.79 Å². The third kappa shape index (κ3) is 2.44. The van der Waals surface area contributed by atoms with Crippen molar-refractivity contribution in [3.63, 3.8) is 0 Å². The Bertz CT molecular complexity index is 320. The quantitative estimate of drug-likeness (QED) is 0.670. The number of nitrogens with zero attached hydrogens (tertiary/aromatic N) is 3. The molecular weight excluding hydrogens is 190 g/mol. The van der Waals surface area contributed by atoms with Crippen molar-refractivity contribution in [1.29, 1.82) is 0 Å². The highest BCUT2D eigenvalue weighted by Gasteiger charge is 2.07. The van der Waals surface area contributed by atoms with Gasteiger partial charge in [-0.05, 0) is 0 Å². The van der Waals surface area contributed by atoms with Gasteiger partial charge in [0.15, 0.2) is 0 Å². The number of aromatic nitrogens is 3. The molecule has 0 aliphatic heterocycles. The first kappa shape index (κ1) is 9.96. The molecule has 0 fully saturated rings. The fourth-order valence-corrected chi connectivity index (χ4v) is 0.687. The number of amides is 2. The molecule has 0 atom stereocenters. The van der Waals surface area contributed by atoms with Crippen LogP contribution in [0.1, 0.15) is 0 Å². The molecule has 0 spiro atoms. The van der Waals surface area contributed by atoms with Gasteiger partial charge in [0.2, 0.25) is 5.95 Å². The molecule has 0 radical (unpaired) electrons. The average Bonchev–Trinajstić information content (AvgIpc) is 2.16. The number of ether oxygens (including phenoxy) is 2. The van der Waals surface area contributed by atoms with Gasteiger partial charge in [-0.1, -0.05) is 0 Å². The maximum atomic E-state index is 10.5. The van der Waals surface area contributed by atoms with E-state index in [9.17, 15) is 4.79 Å². The Hall–Kier alpha value is -2.12. The second kappa shape index (κ2) is 4.21. The summed E-state index contributed by atoms with van der Waals surface area (Å²) in [4.78, 5) is 21.6. The lowest BCUT2D eigenvalue weighted by Gasteiger charge is -2.03. The Kier molecular flexibility index (Phi) is 3.00. The number of carbonyl (C=O) groups excluding carboxylic acids is 1. The minimum atomic E-state index is -0.777. The van der Waals surface area contributed by atoms with E-state index in [1.54, 1.807) is 0 Å². The molecule has 14 heavy (non-hydrogen) atoms. The lowest BCUT2D eigenvalue weighted by molar-refractivity contribution is 0.259. The number of primary amides is 1. The lowest BCUT2D eigenvalue weighted by atomic mass is 10.8. The Morgan fingerprint density at radius 1 is 1.21 bits per heavy atom. The van der Waals surface area contributed by atoms with Crippen LogP contribution in [0.5, 0.6) is 12.0 Å². The number of nitrogens with two attached hydrogens (primary N) is 1. The van der Waals surface area contributed by atoms with Gasteiger partial charge in [0, 0.05) is 0 Å². The van der Waals surface area contributed by atoms with Gasteiger partial charge in [-0.2, -0.15) is 9.97 Å². The Morgan fingerprint density at radius 3 is 2.07 bits per heavy atom. The van der Waals surface area contributed by atoms with Crippen LogP contribution < -0.4 is 20.5 Å². The molecule has 3 N–H and O–H groups in total. The van der Waals surface area contributed by atoms with Gasteiger partial charge < -0.3 is 15.2 Å². The minimum Gasteiger partial charge on any atom is -0.467 e. The highest BCUT2D eigenvalue weighted by molar-refractivity contribution is 5.85. The molecule has 0 bridgehead atoms. The van der Waals surface area contributed by atoms with E-state index in [1.807, 2.05) is 0 Å². The number of carbonyl (C=O) groups is 1. The summed E-state index contributed by atoms with van der Waals surface area (Å²) < 4.78 is 9.49. The molecule has 0 aromatic carbocycles. The largest absolute Gasteiger partial charge is 0.467 e. The molecule has 8 nitrogen and oxygen atoms in total. The third-order valence-corrected chi connectivity index (χ3v) is 1.19. The molecule has 2 amide bonds. The molecule has 0 saturated carbocycles. The number of anilines is 1. The number of nitrogens with one attached hydrogen (secondary N) is 1. The number of hydrogen-bond acceptors (Lipinski definition) is 6. The minimum absolute atomic E-state index is 0.0267. The van der Waals surface area contributed by atoms with E-state index < -0.39 is 6.03 Å². The highest BCUT2D eigenvalue weighted by Crippen LogP contribution is 2.11. The van der Waals surface area contributed by atoms with Gasteiger partial charge in [0.1, 0.15) is 0 Å². The summed E-state index contributed by atoms with van der Waals surface area (Å²) in [6.07, 6.45) is 0. The van der Waals surface area contributed by atoms with E-state index in [0.717, 1.165) is 0 Å². The maximum Gasteiger partial charge on any atom is 0.324 e. The zero-order valence-corrected chi connectivity index (χ0v) is 7.64. The first-order valence-corrected chi connectivity index (χ1v) is 3.56. The summed E-state index contributed by atoms with van der Waals surface area (Å²) >= 11 is 0. The van der Waals surface area contributed by atoms with Crippen molar-refractivity contribution in [2.75, 3.05) is 19.5 Å². The van der Waals surface area contributed by atoms with Crippen molar-refractivity contribution in [2.45, 2.75) is 0 Å². The summed E-state index contributed by atoms with van der Waals surface area (Å²) in [6.45, 7) is 0. The molecule has 0 saturated heterocycles. The molecular formula is C6H9N5O3. The van der Waals surface area contributed by atoms with Gasteiger partial charge in [0.05, 0.1) is 14.2 Å². The van der Waals surface area contributed by atoms with Crippen molar-refractivity contribution in [3.05, 3.63) is 0 Å². The Labute approximate surface area is 79.5 Å². The smallest absolute Gasteiger partial charge is 0.324 e. The van der Waals surface area contributed by atoms with Crippen LogP contribution in [0.25, 0.3) is 0 Å². The van der Waals surface area contributed by atoms with Crippen molar-refractivity contribution in [3.8, 4) is 12.0 Å². The van der Waals surface area contributed by atoms with Gasteiger partial charge in [-0.3, -0.25) is 5.32 Å². The summed E-state index contributed by atoms with van der Waals surface area (Å²) in [7, 11) is 2.76. The van der Waals surface area contributed by atoms with Crippen LogP contribution >= 0.6 is 0 Å². The lowest BCUT2D eigenvalue weighted by Crippen LogP contribution is -2.21. The summed E-state index contributed by atoms with van der Waals surface area (Å²) in [5.41, 5.74) is 4.88. The first-order valence-electron chi connectivity index (χ1n) is 3.56. The zero-order chi connectivity index (χ0) is 10.6. The van der Waals surface area contributed by atoms with E-state index >= 15 is 0 Å². The third-order valence-electron chi connectivity index (χ3n) is 1.19. The van der Waals surface area contributed by atoms with Crippen LogP contribution in [0.4, 0.5) is 10.7 Å². The van der Waals surface area contributed by atoms with Crippen LogP contribution in [0.3, 0.4) is 0 Å². The SMILES string of the molecule is COc1nc(NC(N)=O)nc(OC)n1. The number of urea groups is 1. The fraction of sp³-hybridized carbons (Fsp3) is 0.333. The van der Waals surface area contributed by atoms with Crippen LogP contribution in [-0.4, -0.2) is 35.2 Å².